The van der Waals surface area contributed by atoms with E-state index in [0.717, 1.165) is 4.74 Å². The van der Waals surface area contributed by atoms with Crippen LogP contribution in [0.25, 0.3) is 0 Å². The van der Waals surface area contributed by atoms with Crippen LogP contribution in [0.5, 0.6) is 0 Å². The van der Waals surface area contributed by atoms with E-state index in [2.05, 4.69) is 0 Å². The molecule has 0 amide bonds. The molecule has 7 unspecified atom stereocenters. The quantitative estimate of drug-likeness (QED) is 0.0783. The van der Waals surface area contributed by atoms with Crippen LogP contribution in [-0.4, -0.2) is 145 Å². The van der Waals surface area contributed by atoms with Crippen LogP contribution in [0.1, 0.15) is 0 Å². The molecule has 7 atom stereocenters. The Morgan fingerprint density at radius 1 is 0.188 bits per heavy atom. The number of rotatable bonds is 22. The molecule has 0 saturated carbocycles. The van der Waals surface area contributed by atoms with Crippen LogP contribution < -0.4 is 0 Å². The highest BCUT2D eigenvalue weighted by Crippen LogP contribution is 2.64. The van der Waals surface area contributed by atoms with Crippen molar-refractivity contribution in [3.8, 4) is 0 Å². The number of alkyl halides is 47. The molecule has 0 spiro atoms. The van der Waals surface area contributed by atoms with E-state index in [4.69, 9.17) is 0 Å². The van der Waals surface area contributed by atoms with Crippen LogP contribution in [0, 0.1) is 0 Å². The summed E-state index contributed by atoms with van der Waals surface area (Å²) >= 11 is 0. The van der Waals surface area contributed by atoms with Crippen LogP contribution in [-0.2, 0) is 38.0 Å². The Balaban J connectivity index is 8.50. The normalized spacial score (nSPS) is 21.1. The first-order chi connectivity index (χ1) is 33.6. The van der Waals surface area contributed by atoms with Crippen molar-refractivity contribution in [3.05, 3.63) is 0 Å². The van der Waals surface area contributed by atoms with Gasteiger partial charge in [-0.2, -0.15) is 211 Å². The summed E-state index contributed by atoms with van der Waals surface area (Å²) in [5.74, 6) is -75.9. The van der Waals surface area contributed by atoms with Gasteiger partial charge in [0.05, 0.1) is 0 Å². The predicted octanol–water partition coefficient (Wildman–Crippen LogP) is 14.5. The summed E-state index contributed by atoms with van der Waals surface area (Å²) in [6.07, 6.45) is -141. The smallest absolute Gasteiger partial charge is 0.263 e. The maximum Gasteiger partial charge on any atom is 0.462 e. The second-order valence-corrected chi connectivity index (χ2v) is 13.3. The van der Waals surface area contributed by atoms with Gasteiger partial charge in [0.1, 0.15) is 0 Å². The summed E-state index contributed by atoms with van der Waals surface area (Å²) < 4.78 is 658. The third kappa shape index (κ3) is 12.3. The third-order valence-corrected chi connectivity index (χ3v) is 7.65. The lowest BCUT2D eigenvalue weighted by molar-refractivity contribution is -0.608. The van der Waals surface area contributed by atoms with Gasteiger partial charge in [-0.25, -0.2) is 0 Å². The maximum atomic E-state index is 14.9. The lowest BCUT2D eigenvalue weighted by atomic mass is 10.2. The average molecular weight is 1330 g/mol. The second-order valence-electron chi connectivity index (χ2n) is 13.3. The fraction of sp³-hybridized carbons (Fsp3) is 0.958. The second kappa shape index (κ2) is 19.8. The number of hydrogen-bond donors (Lipinski definition) is 0. The molecule has 0 aliphatic carbocycles. The van der Waals surface area contributed by atoms with E-state index >= 15 is 0 Å². The first-order valence-electron chi connectivity index (χ1n) is 16.1. The molecule has 0 aromatic heterocycles. The van der Waals surface area contributed by atoms with E-state index in [1.165, 1.54) is 0 Å². The van der Waals surface area contributed by atoms with Gasteiger partial charge < -0.3 is 0 Å². The van der Waals surface area contributed by atoms with Gasteiger partial charge in [0, 0.05) is 0 Å². The van der Waals surface area contributed by atoms with Crippen LogP contribution in [0.3, 0.4) is 0 Å². The highest BCUT2D eigenvalue weighted by Gasteiger charge is 2.93. The largest absolute Gasteiger partial charge is 0.462 e. The molecule has 56 heteroatoms. The van der Waals surface area contributed by atoms with Crippen molar-refractivity contribution >= 4 is 6.04 Å². The van der Waals surface area contributed by atoms with E-state index < -0.39 is 145 Å². The molecule has 80 heavy (non-hydrogen) atoms. The minimum absolute atomic E-state index is 0.444. The minimum Gasteiger partial charge on any atom is -0.263 e. The number of ether oxygens (including phenoxy) is 7. The van der Waals surface area contributed by atoms with Crippen molar-refractivity contribution in [1.82, 2.24) is 0 Å². The van der Waals surface area contributed by atoms with E-state index in [9.17, 15) is 216 Å². The van der Waals surface area contributed by atoms with Gasteiger partial charge in [-0.3, -0.25) is 38.0 Å². The molecule has 0 radical (unpaired) electrons. The number of carbonyl (C=O) groups is 1. The van der Waals surface area contributed by atoms with E-state index in [0.29, 0.717) is 28.4 Å². The predicted molar refractivity (Wildman–Crippen MR) is 129 cm³/mol. The molecular formula is C24F48O8. The average Bonchev–Trinajstić information content (AvgIpc) is 3.12. The minimum atomic E-state index is -10.1. The Bertz CT molecular complexity index is 2180. The fourth-order valence-corrected chi connectivity index (χ4v) is 3.76. The van der Waals surface area contributed by atoms with Crippen LogP contribution in [0.4, 0.5) is 211 Å². The van der Waals surface area contributed by atoms with Crippen LogP contribution in [0.15, 0.2) is 0 Å². The highest BCUT2D eigenvalue weighted by molar-refractivity contribution is 5.77. The molecule has 480 valence electrons. The third-order valence-electron chi connectivity index (χ3n) is 7.65. The molecule has 0 N–H and O–H groups in total. The molecule has 0 heterocycles. The Morgan fingerprint density at radius 3 is 0.438 bits per heavy atom. The summed E-state index contributed by atoms with van der Waals surface area (Å²) in [7, 11) is 0. The summed E-state index contributed by atoms with van der Waals surface area (Å²) in [5.41, 5.74) is 0. The Kier molecular flexibility index (Phi) is 18.8. The SMILES string of the molecule is O=C(F)C(F)(OC(F)(F)C(F)(OC(F)(F)C(F)(OC(F)(F)C(F)(OC(F)(F)C(F)(OC(F)(F)C(F)(OC(F)(F)C(F)(OC(F)(F)C(F)(F)C(F)(F)F)C(F)(F)F)C(F)(F)F)C(F)(F)F)C(F)(F)F)C(F)(F)F)C(F)(F)F)C(F)(F)F. The number of hydrogen-bond acceptors (Lipinski definition) is 8. The van der Waals surface area contributed by atoms with Gasteiger partial charge in [-0.1, -0.05) is 0 Å². The molecule has 0 rings (SSSR count). The van der Waals surface area contributed by atoms with Gasteiger partial charge >= 0.3 is 145 Å². The van der Waals surface area contributed by atoms with Crippen molar-refractivity contribution in [2.24, 2.45) is 0 Å². The monoisotopic (exact) mass is 1330 g/mol. The van der Waals surface area contributed by atoms with Crippen molar-refractivity contribution in [2.45, 2.75) is 139 Å². The Labute approximate surface area is 395 Å². The van der Waals surface area contributed by atoms with E-state index in [1.807, 2.05) is 0 Å². The first kappa shape index (κ1) is 76.0. The Morgan fingerprint density at radius 2 is 0.325 bits per heavy atom. The van der Waals surface area contributed by atoms with Crippen LogP contribution >= 0.6 is 0 Å². The van der Waals surface area contributed by atoms with Gasteiger partial charge in [0.25, 0.3) is 0 Å². The zero-order valence-electron chi connectivity index (χ0n) is 33.4. The summed E-state index contributed by atoms with van der Waals surface area (Å²) in [5, 5.41) is 0. The van der Waals surface area contributed by atoms with Crippen molar-refractivity contribution in [1.29, 1.82) is 0 Å². The zero-order chi connectivity index (χ0) is 66.0. The molecule has 0 aliphatic rings. The molecule has 0 aromatic rings. The lowest BCUT2D eigenvalue weighted by Crippen LogP contribution is -2.73. The molecule has 0 fully saturated rings. The summed E-state index contributed by atoms with van der Waals surface area (Å²) in [6, 6.07) is -5.44. The molecule has 0 aliphatic heterocycles. The van der Waals surface area contributed by atoms with Gasteiger partial charge in [0.2, 0.25) is 0 Å². The van der Waals surface area contributed by atoms with Gasteiger partial charge in [-0.15, -0.1) is 0 Å². The van der Waals surface area contributed by atoms with Crippen LogP contribution in [0.2, 0.25) is 0 Å². The zero-order valence-corrected chi connectivity index (χ0v) is 33.4. The van der Waals surface area contributed by atoms with Gasteiger partial charge in [0.15, 0.2) is 0 Å². The molecular weight excluding hydrogens is 1330 g/mol. The standard InChI is InChI=1S/C24F48O8/c25-1(73)2(26,10(35,36)37)74-19(61,62)4(29,12(41,42)43)76-21(65,66)6(31,14(47,48)49)78-23(69,70)8(33,16(53,54)55)80-24(71,72)9(34,17(56,57)58)79-22(67,68)7(32,15(50,51)52)77-20(63,64)5(30,13(44,45)46)75-18(59,60)3(27,28)11(38,39)40. The van der Waals surface area contributed by atoms with E-state index in [-0.39, 0.29) is 0 Å². The fourth-order valence-electron chi connectivity index (χ4n) is 3.76. The molecule has 8 nitrogen and oxygen atoms in total. The summed E-state index contributed by atoms with van der Waals surface area (Å²) in [4.78, 5) is 10.2. The van der Waals surface area contributed by atoms with Crippen molar-refractivity contribution in [2.75, 3.05) is 0 Å². The first-order valence-corrected chi connectivity index (χ1v) is 16.1. The molecule has 0 saturated heterocycles. The lowest BCUT2D eigenvalue weighted by Gasteiger charge is -2.45. The highest BCUT2D eigenvalue weighted by atomic mass is 19.5. The number of carbonyl (C=O) groups excluding carboxylic acids is 1. The van der Waals surface area contributed by atoms with Crippen molar-refractivity contribution < 1.29 is 249 Å². The van der Waals surface area contributed by atoms with Gasteiger partial charge in [-0.05, 0) is 0 Å². The maximum absolute atomic E-state index is 14.9. The molecule has 0 bridgehead atoms. The molecule has 0 aromatic carbocycles. The topological polar surface area (TPSA) is 81.7 Å². The summed E-state index contributed by atoms with van der Waals surface area (Å²) in [6.45, 7) is 0. The Hall–Kier alpha value is -3.97. The number of halogens is 48. The van der Waals surface area contributed by atoms with E-state index in [1.54, 1.807) is 0 Å². The van der Waals surface area contributed by atoms with Crippen molar-refractivity contribution in [3.63, 3.8) is 0 Å².